The van der Waals surface area contributed by atoms with E-state index in [9.17, 15) is 14.8 Å². The van der Waals surface area contributed by atoms with Gasteiger partial charge in [0.2, 0.25) is 0 Å². The van der Waals surface area contributed by atoms with E-state index in [2.05, 4.69) is 0 Å². The third kappa shape index (κ3) is 4.93. The van der Waals surface area contributed by atoms with Crippen LogP contribution in [-0.4, -0.2) is 16.7 Å². The van der Waals surface area contributed by atoms with E-state index in [-0.39, 0.29) is 16.3 Å². The molecule has 0 heterocycles. The zero-order valence-electron chi connectivity index (χ0n) is 14.0. The Kier molecular flexibility index (Phi) is 6.02. The molecule has 132 valence electrons. The van der Waals surface area contributed by atoms with Crippen molar-refractivity contribution in [3.63, 3.8) is 0 Å². The average Bonchev–Trinajstić information content (AvgIpc) is 2.57. The first-order chi connectivity index (χ1) is 11.7. The molecule has 3 N–H and O–H groups in total. The SMILES string of the molecule is CC(C)(O)[C@@H](N)C[C@@H](Oc1cc(Cl)c(F)cc1C#N)c1ccccc1. The lowest BCUT2D eigenvalue weighted by molar-refractivity contribution is 0.0327. The maximum atomic E-state index is 13.6. The highest BCUT2D eigenvalue weighted by Gasteiger charge is 2.28. The summed E-state index contributed by atoms with van der Waals surface area (Å²) in [5.41, 5.74) is 5.85. The topological polar surface area (TPSA) is 79.3 Å². The summed E-state index contributed by atoms with van der Waals surface area (Å²) in [6.07, 6.45) is -0.232. The molecule has 0 aromatic heterocycles. The Morgan fingerprint density at radius 1 is 1.32 bits per heavy atom. The molecule has 2 rings (SSSR count). The van der Waals surface area contributed by atoms with Crippen LogP contribution in [0.4, 0.5) is 4.39 Å². The van der Waals surface area contributed by atoms with Gasteiger partial charge in [0.1, 0.15) is 23.7 Å². The summed E-state index contributed by atoms with van der Waals surface area (Å²) < 4.78 is 19.5. The first kappa shape index (κ1) is 19.2. The van der Waals surface area contributed by atoms with Gasteiger partial charge in [-0.05, 0) is 25.5 Å². The van der Waals surface area contributed by atoms with Crippen LogP contribution in [0.2, 0.25) is 5.02 Å². The number of ether oxygens (including phenoxy) is 1. The van der Waals surface area contributed by atoms with Crippen LogP contribution in [0, 0.1) is 17.1 Å². The molecular formula is C19H20ClFN2O2. The van der Waals surface area contributed by atoms with Crippen molar-refractivity contribution in [3.8, 4) is 11.8 Å². The molecule has 0 saturated heterocycles. The summed E-state index contributed by atoms with van der Waals surface area (Å²) in [7, 11) is 0. The summed E-state index contributed by atoms with van der Waals surface area (Å²) >= 11 is 5.82. The molecule has 25 heavy (non-hydrogen) atoms. The number of hydrogen-bond acceptors (Lipinski definition) is 4. The number of nitrogens with zero attached hydrogens (tertiary/aromatic N) is 1. The molecule has 2 aromatic carbocycles. The minimum absolute atomic E-state index is 0.0414. The van der Waals surface area contributed by atoms with Gasteiger partial charge in [0, 0.05) is 18.5 Å². The van der Waals surface area contributed by atoms with E-state index in [0.717, 1.165) is 11.6 Å². The highest BCUT2D eigenvalue weighted by atomic mass is 35.5. The van der Waals surface area contributed by atoms with E-state index in [0.29, 0.717) is 6.42 Å². The smallest absolute Gasteiger partial charge is 0.143 e. The molecule has 2 aromatic rings. The number of aliphatic hydroxyl groups is 1. The second kappa shape index (κ2) is 7.83. The largest absolute Gasteiger partial charge is 0.484 e. The fraction of sp³-hybridized carbons (Fsp3) is 0.316. The van der Waals surface area contributed by atoms with E-state index in [1.165, 1.54) is 6.07 Å². The standard InChI is InChI=1S/C19H20ClFN2O2/c1-19(2,24)18(23)10-17(12-6-4-3-5-7-12)25-16-9-14(20)15(21)8-13(16)11-22/h3-9,17-18,24H,10,23H2,1-2H3/t17-,18+/m1/s1. The van der Waals surface area contributed by atoms with Gasteiger partial charge in [0.15, 0.2) is 0 Å². The van der Waals surface area contributed by atoms with E-state index < -0.39 is 23.6 Å². The summed E-state index contributed by atoms with van der Waals surface area (Å²) in [6, 6.07) is 12.9. The minimum Gasteiger partial charge on any atom is -0.484 e. The van der Waals surface area contributed by atoms with Gasteiger partial charge in [-0.25, -0.2) is 4.39 Å². The predicted octanol–water partition coefficient (Wildman–Crippen LogP) is 3.96. The molecule has 0 saturated carbocycles. The Balaban J connectivity index is 2.38. The highest BCUT2D eigenvalue weighted by Crippen LogP contribution is 2.32. The Labute approximate surface area is 151 Å². The van der Waals surface area contributed by atoms with E-state index >= 15 is 0 Å². The van der Waals surface area contributed by atoms with Crippen LogP contribution in [0.25, 0.3) is 0 Å². The van der Waals surface area contributed by atoms with Gasteiger partial charge in [0.05, 0.1) is 16.2 Å². The molecule has 0 aliphatic carbocycles. The molecule has 0 unspecified atom stereocenters. The van der Waals surface area contributed by atoms with Crippen molar-refractivity contribution < 1.29 is 14.2 Å². The van der Waals surface area contributed by atoms with E-state index in [1.54, 1.807) is 13.8 Å². The van der Waals surface area contributed by atoms with Crippen LogP contribution in [-0.2, 0) is 0 Å². The fourth-order valence-corrected chi connectivity index (χ4v) is 2.46. The van der Waals surface area contributed by atoms with Crippen molar-refractivity contribution in [1.82, 2.24) is 0 Å². The van der Waals surface area contributed by atoms with Gasteiger partial charge in [-0.2, -0.15) is 5.26 Å². The molecular weight excluding hydrogens is 343 g/mol. The predicted molar refractivity (Wildman–Crippen MR) is 94.8 cm³/mol. The van der Waals surface area contributed by atoms with Crippen molar-refractivity contribution >= 4 is 11.6 Å². The van der Waals surface area contributed by atoms with Gasteiger partial charge in [-0.3, -0.25) is 0 Å². The monoisotopic (exact) mass is 362 g/mol. The summed E-state index contributed by atoms with van der Waals surface area (Å²) in [6.45, 7) is 3.24. The third-order valence-corrected chi connectivity index (χ3v) is 4.25. The van der Waals surface area contributed by atoms with Crippen molar-refractivity contribution in [2.45, 2.75) is 38.0 Å². The zero-order chi connectivity index (χ0) is 18.6. The Morgan fingerprint density at radius 3 is 2.52 bits per heavy atom. The second-order valence-corrected chi connectivity index (χ2v) is 6.79. The molecule has 0 amide bonds. The van der Waals surface area contributed by atoms with Gasteiger partial charge in [-0.1, -0.05) is 41.9 Å². The second-order valence-electron chi connectivity index (χ2n) is 6.39. The van der Waals surface area contributed by atoms with E-state index in [1.807, 2.05) is 36.4 Å². The van der Waals surface area contributed by atoms with Crippen LogP contribution < -0.4 is 10.5 Å². The van der Waals surface area contributed by atoms with Crippen LogP contribution in [0.5, 0.6) is 5.75 Å². The summed E-state index contributed by atoms with van der Waals surface area (Å²) in [4.78, 5) is 0. The first-order valence-corrected chi connectivity index (χ1v) is 8.19. The maximum Gasteiger partial charge on any atom is 0.143 e. The van der Waals surface area contributed by atoms with Crippen molar-refractivity contribution in [3.05, 3.63) is 64.4 Å². The number of halogens is 2. The first-order valence-electron chi connectivity index (χ1n) is 7.81. The Morgan fingerprint density at radius 2 is 1.96 bits per heavy atom. The molecule has 0 radical (unpaired) electrons. The highest BCUT2D eigenvalue weighted by molar-refractivity contribution is 6.30. The van der Waals surface area contributed by atoms with Gasteiger partial charge in [-0.15, -0.1) is 0 Å². The molecule has 0 bridgehead atoms. The van der Waals surface area contributed by atoms with Crippen LogP contribution in [0.1, 0.15) is 37.5 Å². The average molecular weight is 363 g/mol. The van der Waals surface area contributed by atoms with Gasteiger partial charge < -0.3 is 15.6 Å². The third-order valence-electron chi connectivity index (χ3n) is 3.96. The van der Waals surface area contributed by atoms with Gasteiger partial charge >= 0.3 is 0 Å². The lowest BCUT2D eigenvalue weighted by Gasteiger charge is -2.30. The lowest BCUT2D eigenvalue weighted by Crippen LogP contribution is -2.44. The van der Waals surface area contributed by atoms with Gasteiger partial charge in [0.25, 0.3) is 0 Å². The molecule has 0 aliphatic heterocycles. The Bertz CT molecular complexity index is 769. The lowest BCUT2D eigenvalue weighted by atomic mass is 9.92. The maximum absolute atomic E-state index is 13.6. The molecule has 2 atom stereocenters. The normalized spacial score (nSPS) is 13.8. The van der Waals surface area contributed by atoms with Crippen molar-refractivity contribution in [2.75, 3.05) is 0 Å². The summed E-state index contributed by atoms with van der Waals surface area (Å²) in [5, 5.41) is 19.2. The van der Waals surface area contributed by atoms with Crippen LogP contribution in [0.3, 0.4) is 0 Å². The molecule has 6 heteroatoms. The molecule has 0 aliphatic rings. The van der Waals surface area contributed by atoms with E-state index in [4.69, 9.17) is 22.1 Å². The summed E-state index contributed by atoms with van der Waals surface area (Å²) in [5.74, 6) is -0.513. The number of benzene rings is 2. The van der Waals surface area contributed by atoms with Crippen LogP contribution in [0.15, 0.2) is 42.5 Å². The quantitative estimate of drug-likeness (QED) is 0.815. The number of nitriles is 1. The number of hydrogen-bond donors (Lipinski definition) is 2. The Hall–Kier alpha value is -2.13. The minimum atomic E-state index is -1.10. The fourth-order valence-electron chi connectivity index (χ4n) is 2.31. The van der Waals surface area contributed by atoms with Crippen molar-refractivity contribution in [1.29, 1.82) is 5.26 Å². The molecule has 0 fully saturated rings. The molecule has 4 nitrogen and oxygen atoms in total. The van der Waals surface area contributed by atoms with Crippen molar-refractivity contribution in [2.24, 2.45) is 5.73 Å². The number of rotatable bonds is 6. The molecule has 0 spiro atoms. The zero-order valence-corrected chi connectivity index (χ0v) is 14.8. The number of nitrogens with two attached hydrogens (primary N) is 1. The van der Waals surface area contributed by atoms with Crippen LogP contribution >= 0.6 is 11.6 Å².